The second kappa shape index (κ2) is 6.11. The molecule has 0 aromatic carbocycles. The lowest BCUT2D eigenvalue weighted by molar-refractivity contribution is 0.291. The molecule has 0 saturated carbocycles. The SMILES string of the molecule is Cc1cc(S(=O)(=O)N2CCCC2CN(C)C)sc1CN. The topological polar surface area (TPSA) is 66.6 Å². The molecule has 0 aliphatic carbocycles. The Morgan fingerprint density at radius 1 is 1.50 bits per heavy atom. The molecule has 1 aromatic heterocycles. The fourth-order valence-electron chi connectivity index (χ4n) is 2.66. The third kappa shape index (κ3) is 3.07. The minimum absolute atomic E-state index is 0.0822. The van der Waals surface area contributed by atoms with Crippen molar-refractivity contribution in [2.75, 3.05) is 27.2 Å². The Hall–Kier alpha value is -0.470. The van der Waals surface area contributed by atoms with E-state index in [2.05, 4.69) is 0 Å². The maximum absolute atomic E-state index is 12.8. The zero-order chi connectivity index (χ0) is 14.9. The van der Waals surface area contributed by atoms with Crippen LogP contribution in [0.15, 0.2) is 10.3 Å². The predicted molar refractivity (Wildman–Crippen MR) is 82.4 cm³/mol. The van der Waals surface area contributed by atoms with E-state index in [0.717, 1.165) is 29.8 Å². The molecule has 2 heterocycles. The third-order valence-electron chi connectivity index (χ3n) is 3.65. The van der Waals surface area contributed by atoms with Crippen LogP contribution in [-0.4, -0.2) is 50.8 Å². The minimum atomic E-state index is -3.38. The minimum Gasteiger partial charge on any atom is -0.326 e. The molecule has 7 heteroatoms. The first-order valence-corrected chi connectivity index (χ1v) is 9.08. The molecule has 1 aliphatic rings. The Bertz CT molecular complexity index is 566. The van der Waals surface area contributed by atoms with E-state index in [1.54, 1.807) is 10.4 Å². The number of rotatable bonds is 5. The molecule has 1 aromatic rings. The Morgan fingerprint density at radius 2 is 2.20 bits per heavy atom. The van der Waals surface area contributed by atoms with Gasteiger partial charge < -0.3 is 10.6 Å². The van der Waals surface area contributed by atoms with Crippen molar-refractivity contribution in [2.24, 2.45) is 5.73 Å². The van der Waals surface area contributed by atoms with Gasteiger partial charge in [0.15, 0.2) is 0 Å². The van der Waals surface area contributed by atoms with Crippen molar-refractivity contribution < 1.29 is 8.42 Å². The summed E-state index contributed by atoms with van der Waals surface area (Å²) in [6, 6.07) is 1.84. The molecule has 2 rings (SSSR count). The average Bonchev–Trinajstić information content (AvgIpc) is 2.95. The van der Waals surface area contributed by atoms with Crippen LogP contribution in [0, 0.1) is 6.92 Å². The van der Waals surface area contributed by atoms with Gasteiger partial charge in [0, 0.05) is 30.6 Å². The molecule has 0 radical (unpaired) electrons. The van der Waals surface area contributed by atoms with E-state index in [1.165, 1.54) is 11.3 Å². The molecular weight excluding hydrogens is 294 g/mol. The second-order valence-electron chi connectivity index (χ2n) is 5.55. The lowest BCUT2D eigenvalue weighted by Gasteiger charge is -2.25. The normalized spacial score (nSPS) is 20.9. The van der Waals surface area contributed by atoms with Crippen molar-refractivity contribution in [3.8, 4) is 0 Å². The molecule has 20 heavy (non-hydrogen) atoms. The summed E-state index contributed by atoms with van der Waals surface area (Å²) in [5.74, 6) is 0. The zero-order valence-corrected chi connectivity index (χ0v) is 13.9. The summed E-state index contributed by atoms with van der Waals surface area (Å²) in [6.07, 6.45) is 1.87. The van der Waals surface area contributed by atoms with E-state index in [1.807, 2.05) is 25.9 Å². The summed E-state index contributed by atoms with van der Waals surface area (Å²) < 4.78 is 27.7. The molecule has 0 bridgehead atoms. The van der Waals surface area contributed by atoms with Gasteiger partial charge >= 0.3 is 0 Å². The first-order valence-electron chi connectivity index (χ1n) is 6.82. The van der Waals surface area contributed by atoms with Crippen molar-refractivity contribution in [3.05, 3.63) is 16.5 Å². The lowest BCUT2D eigenvalue weighted by Crippen LogP contribution is -2.40. The molecule has 0 amide bonds. The second-order valence-corrected chi connectivity index (χ2v) is 8.80. The van der Waals surface area contributed by atoms with Gasteiger partial charge in [-0.2, -0.15) is 4.31 Å². The number of hydrogen-bond donors (Lipinski definition) is 1. The molecule has 1 unspecified atom stereocenters. The van der Waals surface area contributed by atoms with E-state index in [-0.39, 0.29) is 6.04 Å². The van der Waals surface area contributed by atoms with Crippen molar-refractivity contribution >= 4 is 21.4 Å². The van der Waals surface area contributed by atoms with Crippen LogP contribution in [-0.2, 0) is 16.6 Å². The highest BCUT2D eigenvalue weighted by Crippen LogP contribution is 2.32. The quantitative estimate of drug-likeness (QED) is 0.887. The smallest absolute Gasteiger partial charge is 0.252 e. The van der Waals surface area contributed by atoms with E-state index in [0.29, 0.717) is 17.3 Å². The molecule has 0 spiro atoms. The summed E-state index contributed by atoms with van der Waals surface area (Å²) in [4.78, 5) is 3.00. The standard InChI is InChI=1S/C13H23N3O2S2/c1-10-7-13(19-12(10)8-14)20(17,18)16-6-4-5-11(16)9-15(2)3/h7,11H,4-6,8-9,14H2,1-3H3. The number of likely N-dealkylation sites (N-methyl/N-ethyl adjacent to an activating group) is 1. The van der Waals surface area contributed by atoms with Gasteiger partial charge in [-0.05, 0) is 45.5 Å². The fraction of sp³-hybridized carbons (Fsp3) is 0.692. The summed E-state index contributed by atoms with van der Waals surface area (Å²) >= 11 is 1.31. The lowest BCUT2D eigenvalue weighted by atomic mass is 10.2. The molecule has 2 N–H and O–H groups in total. The largest absolute Gasteiger partial charge is 0.326 e. The maximum Gasteiger partial charge on any atom is 0.252 e. The Labute approximate surface area is 125 Å². The van der Waals surface area contributed by atoms with Gasteiger partial charge in [-0.3, -0.25) is 0 Å². The molecule has 1 aliphatic heterocycles. The van der Waals surface area contributed by atoms with Crippen LogP contribution < -0.4 is 5.73 Å². The zero-order valence-electron chi connectivity index (χ0n) is 12.3. The summed E-state index contributed by atoms with van der Waals surface area (Å²) in [5.41, 5.74) is 6.62. The highest BCUT2D eigenvalue weighted by atomic mass is 32.2. The molecule has 5 nitrogen and oxygen atoms in total. The van der Waals surface area contributed by atoms with Gasteiger partial charge in [0.05, 0.1) is 0 Å². The average molecular weight is 317 g/mol. The number of thiophene rings is 1. The van der Waals surface area contributed by atoms with Gasteiger partial charge in [-0.1, -0.05) is 0 Å². The van der Waals surface area contributed by atoms with Crippen LogP contribution in [0.1, 0.15) is 23.3 Å². The van der Waals surface area contributed by atoms with Gasteiger partial charge in [0.1, 0.15) is 4.21 Å². The van der Waals surface area contributed by atoms with Gasteiger partial charge in [-0.25, -0.2) is 8.42 Å². The fourth-order valence-corrected chi connectivity index (χ4v) is 5.95. The van der Waals surface area contributed by atoms with Crippen molar-refractivity contribution in [1.29, 1.82) is 0 Å². The monoisotopic (exact) mass is 317 g/mol. The molecular formula is C13H23N3O2S2. The van der Waals surface area contributed by atoms with Crippen LogP contribution in [0.4, 0.5) is 0 Å². The number of nitrogens with zero attached hydrogens (tertiary/aromatic N) is 2. The highest BCUT2D eigenvalue weighted by Gasteiger charge is 2.36. The van der Waals surface area contributed by atoms with Gasteiger partial charge in [0.25, 0.3) is 10.0 Å². The molecule has 114 valence electrons. The summed E-state index contributed by atoms with van der Waals surface area (Å²) in [5, 5.41) is 0. The van der Waals surface area contributed by atoms with E-state index in [4.69, 9.17) is 5.73 Å². The summed E-state index contributed by atoms with van der Waals surface area (Å²) in [7, 11) is 0.579. The number of nitrogens with two attached hydrogens (primary N) is 1. The van der Waals surface area contributed by atoms with Crippen LogP contribution in [0.25, 0.3) is 0 Å². The third-order valence-corrected chi connectivity index (χ3v) is 7.31. The van der Waals surface area contributed by atoms with E-state index >= 15 is 0 Å². The molecule has 1 fully saturated rings. The number of sulfonamides is 1. The first-order chi connectivity index (χ1) is 9.36. The molecule has 1 saturated heterocycles. The summed E-state index contributed by atoms with van der Waals surface area (Å²) in [6.45, 7) is 3.70. The first kappa shape index (κ1) is 15.9. The molecule has 1 atom stereocenters. The van der Waals surface area contributed by atoms with Crippen LogP contribution >= 0.6 is 11.3 Å². The Balaban J connectivity index is 2.28. The maximum atomic E-state index is 12.8. The Morgan fingerprint density at radius 3 is 2.75 bits per heavy atom. The highest BCUT2D eigenvalue weighted by molar-refractivity contribution is 7.91. The van der Waals surface area contributed by atoms with Crippen LogP contribution in [0.5, 0.6) is 0 Å². The van der Waals surface area contributed by atoms with Crippen LogP contribution in [0.3, 0.4) is 0 Å². The van der Waals surface area contributed by atoms with Gasteiger partial charge in [-0.15, -0.1) is 11.3 Å². The van der Waals surface area contributed by atoms with Gasteiger partial charge in [0.2, 0.25) is 0 Å². The van der Waals surface area contributed by atoms with Crippen LogP contribution in [0.2, 0.25) is 0 Å². The van der Waals surface area contributed by atoms with E-state index in [9.17, 15) is 8.42 Å². The van der Waals surface area contributed by atoms with Crippen molar-refractivity contribution in [2.45, 2.75) is 36.6 Å². The number of aryl methyl sites for hydroxylation is 1. The van der Waals surface area contributed by atoms with E-state index < -0.39 is 10.0 Å². The predicted octanol–water partition coefficient (Wildman–Crippen LogP) is 1.23. The van der Waals surface area contributed by atoms with Crippen molar-refractivity contribution in [1.82, 2.24) is 9.21 Å². The number of hydrogen-bond acceptors (Lipinski definition) is 5. The Kier molecular flexibility index (Phi) is 4.86. The van der Waals surface area contributed by atoms with Crippen molar-refractivity contribution in [3.63, 3.8) is 0 Å².